The molecule has 104 valence electrons. The molecular weight excluding hydrogens is 240 g/mol. The van der Waals surface area contributed by atoms with Crippen LogP contribution in [0.5, 0.6) is 0 Å². The minimum Gasteiger partial charge on any atom is -0.370 e. The number of nitrogens with zero attached hydrogens (tertiary/aromatic N) is 3. The van der Waals surface area contributed by atoms with Crippen LogP contribution in [0.15, 0.2) is 18.3 Å². The maximum Gasteiger partial charge on any atom is 0.254 e. The first kappa shape index (κ1) is 13.8. The van der Waals surface area contributed by atoms with Crippen molar-refractivity contribution in [3.63, 3.8) is 0 Å². The summed E-state index contributed by atoms with van der Waals surface area (Å²) in [7, 11) is 4.13. The van der Waals surface area contributed by atoms with Crippen molar-refractivity contribution in [3.8, 4) is 0 Å². The summed E-state index contributed by atoms with van der Waals surface area (Å²) in [6.07, 6.45) is 2.73. The summed E-state index contributed by atoms with van der Waals surface area (Å²) in [5.41, 5.74) is 0.713. The lowest BCUT2D eigenvalue weighted by molar-refractivity contribution is 0.0783. The van der Waals surface area contributed by atoms with Crippen LogP contribution in [-0.2, 0) is 0 Å². The van der Waals surface area contributed by atoms with Crippen molar-refractivity contribution in [1.29, 1.82) is 0 Å². The highest BCUT2D eigenvalue weighted by molar-refractivity contribution is 5.95. The summed E-state index contributed by atoms with van der Waals surface area (Å²) in [4.78, 5) is 20.7. The molecule has 1 aromatic rings. The molecule has 0 aromatic carbocycles. The highest BCUT2D eigenvalue weighted by Gasteiger charge is 2.28. The van der Waals surface area contributed by atoms with Crippen molar-refractivity contribution in [2.75, 3.05) is 39.0 Å². The molecule has 0 bridgehead atoms. The molecule has 1 N–H and O–H groups in total. The van der Waals surface area contributed by atoms with Crippen molar-refractivity contribution < 1.29 is 4.79 Å². The second-order valence-corrected chi connectivity index (χ2v) is 5.12. The van der Waals surface area contributed by atoms with Crippen LogP contribution >= 0.6 is 0 Å². The Bertz CT molecular complexity index is 447. The minimum absolute atomic E-state index is 0.103. The lowest BCUT2D eigenvalue weighted by Crippen LogP contribution is -2.34. The van der Waals surface area contributed by atoms with Gasteiger partial charge in [-0.2, -0.15) is 0 Å². The lowest BCUT2D eigenvalue weighted by atomic mass is 10.2. The molecular formula is C14H22N4O. The molecule has 2 heterocycles. The summed E-state index contributed by atoms with van der Waals surface area (Å²) in [6, 6.07) is 4.08. The van der Waals surface area contributed by atoms with Gasteiger partial charge in [-0.3, -0.25) is 4.79 Å². The van der Waals surface area contributed by atoms with Gasteiger partial charge in [-0.1, -0.05) is 0 Å². The third-order valence-electron chi connectivity index (χ3n) is 3.55. The van der Waals surface area contributed by atoms with E-state index in [-0.39, 0.29) is 5.91 Å². The number of amides is 1. The Morgan fingerprint density at radius 2 is 2.37 bits per heavy atom. The molecule has 2 rings (SSSR count). The van der Waals surface area contributed by atoms with E-state index in [1.54, 1.807) is 12.3 Å². The summed E-state index contributed by atoms with van der Waals surface area (Å²) in [5, 5.41) is 3.13. The largest absolute Gasteiger partial charge is 0.370 e. The topological polar surface area (TPSA) is 48.5 Å². The molecule has 1 aliphatic rings. The van der Waals surface area contributed by atoms with E-state index in [0.29, 0.717) is 11.6 Å². The number of rotatable bonds is 4. The zero-order valence-corrected chi connectivity index (χ0v) is 11.9. The summed E-state index contributed by atoms with van der Waals surface area (Å²) in [6.45, 7) is 4.46. The Balaban J connectivity index is 2.06. The molecule has 1 amide bonds. The van der Waals surface area contributed by atoms with Gasteiger partial charge in [0.05, 0.1) is 0 Å². The Hall–Kier alpha value is -1.62. The van der Waals surface area contributed by atoms with Crippen LogP contribution in [0.25, 0.3) is 0 Å². The summed E-state index contributed by atoms with van der Waals surface area (Å²) >= 11 is 0. The first-order valence-corrected chi connectivity index (χ1v) is 6.77. The first-order chi connectivity index (χ1) is 9.11. The Morgan fingerprint density at radius 1 is 1.58 bits per heavy atom. The smallest absolute Gasteiger partial charge is 0.254 e. The van der Waals surface area contributed by atoms with E-state index in [1.807, 2.05) is 17.9 Å². The Kier molecular flexibility index (Phi) is 4.37. The van der Waals surface area contributed by atoms with Crippen LogP contribution in [0.1, 0.15) is 23.7 Å². The van der Waals surface area contributed by atoms with Gasteiger partial charge in [0, 0.05) is 37.4 Å². The van der Waals surface area contributed by atoms with Crippen LogP contribution in [0, 0.1) is 0 Å². The highest BCUT2D eigenvalue weighted by atomic mass is 16.2. The fourth-order valence-electron chi connectivity index (χ4n) is 2.37. The van der Waals surface area contributed by atoms with Crippen LogP contribution in [0.3, 0.4) is 0 Å². The zero-order chi connectivity index (χ0) is 13.8. The third-order valence-corrected chi connectivity index (χ3v) is 3.55. The molecule has 1 saturated heterocycles. The number of aromatic nitrogens is 1. The van der Waals surface area contributed by atoms with Gasteiger partial charge in [-0.05, 0) is 39.6 Å². The second-order valence-electron chi connectivity index (χ2n) is 5.12. The lowest BCUT2D eigenvalue weighted by Gasteiger charge is -2.20. The molecule has 1 unspecified atom stereocenters. The first-order valence-electron chi connectivity index (χ1n) is 6.77. The number of hydrogen-bond acceptors (Lipinski definition) is 4. The summed E-state index contributed by atoms with van der Waals surface area (Å²) < 4.78 is 0. The molecule has 0 saturated carbocycles. The molecule has 0 spiro atoms. The van der Waals surface area contributed by atoms with Crippen molar-refractivity contribution in [3.05, 3.63) is 23.9 Å². The van der Waals surface area contributed by atoms with Crippen LogP contribution in [0.2, 0.25) is 0 Å². The average molecular weight is 262 g/mol. The van der Waals surface area contributed by atoms with Gasteiger partial charge in [0.25, 0.3) is 5.91 Å². The van der Waals surface area contributed by atoms with E-state index in [1.165, 1.54) is 0 Å². The minimum atomic E-state index is 0.103. The molecule has 1 atom stereocenters. The molecule has 5 nitrogen and oxygen atoms in total. The number of anilines is 1. The monoisotopic (exact) mass is 262 g/mol. The normalized spacial score (nSPS) is 18.9. The van der Waals surface area contributed by atoms with Gasteiger partial charge in [-0.15, -0.1) is 0 Å². The molecule has 1 aliphatic heterocycles. The van der Waals surface area contributed by atoms with Crippen molar-refractivity contribution in [1.82, 2.24) is 14.8 Å². The Labute approximate surface area is 114 Å². The molecule has 1 aromatic heterocycles. The fourth-order valence-corrected chi connectivity index (χ4v) is 2.37. The maximum absolute atomic E-state index is 12.4. The second kappa shape index (κ2) is 6.02. The van der Waals surface area contributed by atoms with E-state index in [0.717, 1.165) is 31.9 Å². The number of carbonyl (C=O) groups is 1. The number of likely N-dealkylation sites (tertiary alicyclic amines) is 1. The number of carbonyl (C=O) groups excluding carboxylic acids is 1. The van der Waals surface area contributed by atoms with Crippen molar-refractivity contribution in [2.24, 2.45) is 0 Å². The van der Waals surface area contributed by atoms with Crippen LogP contribution in [0.4, 0.5) is 5.82 Å². The van der Waals surface area contributed by atoms with E-state index >= 15 is 0 Å². The van der Waals surface area contributed by atoms with Gasteiger partial charge in [-0.25, -0.2) is 4.98 Å². The molecule has 19 heavy (non-hydrogen) atoms. The standard InChI is InChI=1S/C14H22N4O/c1-4-15-13-9-11(5-7-16-13)14(19)18-8-6-12(10-18)17(2)3/h5,7,9,12H,4,6,8,10H2,1-3H3,(H,15,16). The zero-order valence-electron chi connectivity index (χ0n) is 11.9. The average Bonchev–Trinajstić information content (AvgIpc) is 2.88. The Morgan fingerprint density at radius 3 is 3.00 bits per heavy atom. The highest BCUT2D eigenvalue weighted by Crippen LogP contribution is 2.17. The predicted molar refractivity (Wildman–Crippen MR) is 76.4 cm³/mol. The number of nitrogens with one attached hydrogen (secondary N) is 1. The fraction of sp³-hybridized carbons (Fsp3) is 0.571. The van der Waals surface area contributed by atoms with Crippen LogP contribution in [-0.4, -0.2) is 60.5 Å². The van der Waals surface area contributed by atoms with Gasteiger partial charge in [0.1, 0.15) is 5.82 Å². The van der Waals surface area contributed by atoms with Crippen molar-refractivity contribution in [2.45, 2.75) is 19.4 Å². The van der Waals surface area contributed by atoms with Gasteiger partial charge < -0.3 is 15.1 Å². The van der Waals surface area contributed by atoms with E-state index in [2.05, 4.69) is 29.3 Å². The van der Waals surface area contributed by atoms with Crippen molar-refractivity contribution >= 4 is 11.7 Å². The SMILES string of the molecule is CCNc1cc(C(=O)N2CCC(N(C)C)C2)ccn1. The molecule has 5 heteroatoms. The number of hydrogen-bond donors (Lipinski definition) is 1. The van der Waals surface area contributed by atoms with Crippen LogP contribution < -0.4 is 5.32 Å². The summed E-state index contributed by atoms with van der Waals surface area (Å²) in [5.74, 6) is 0.864. The third kappa shape index (κ3) is 3.23. The number of pyridine rings is 1. The number of likely N-dealkylation sites (N-methyl/N-ethyl adjacent to an activating group) is 1. The molecule has 0 radical (unpaired) electrons. The predicted octanol–water partition coefficient (Wildman–Crippen LogP) is 1.29. The maximum atomic E-state index is 12.4. The van der Waals surface area contributed by atoms with E-state index in [9.17, 15) is 4.79 Å². The van der Waals surface area contributed by atoms with Gasteiger partial charge in [0.2, 0.25) is 0 Å². The van der Waals surface area contributed by atoms with Gasteiger partial charge >= 0.3 is 0 Å². The molecule has 1 fully saturated rings. The quantitative estimate of drug-likeness (QED) is 0.888. The van der Waals surface area contributed by atoms with E-state index in [4.69, 9.17) is 0 Å². The van der Waals surface area contributed by atoms with E-state index < -0.39 is 0 Å². The van der Waals surface area contributed by atoms with Gasteiger partial charge in [0.15, 0.2) is 0 Å². The molecule has 0 aliphatic carbocycles.